The number of nitrogens with zero attached hydrogens (tertiary/aromatic N) is 1. The zero-order chi connectivity index (χ0) is 13.5. The fourth-order valence-corrected chi connectivity index (χ4v) is 1.69. The van der Waals surface area contributed by atoms with Crippen LogP contribution in [0.2, 0.25) is 0 Å². The average molecular weight is 254 g/mol. The van der Waals surface area contributed by atoms with E-state index in [1.165, 1.54) is 5.56 Å². The van der Waals surface area contributed by atoms with Crippen molar-refractivity contribution in [3.05, 3.63) is 59.7 Å². The standard InChI is InChI=1S/C16H18N2O/c1-3-19-15-10-8-14(9-11-15)12-17-18-16-7-5-4-6-13(16)2/h4-12,18H,3H2,1-2H3/b17-12+. The van der Waals surface area contributed by atoms with Crippen LogP contribution in [0.5, 0.6) is 5.75 Å². The molecule has 0 aliphatic rings. The normalized spacial score (nSPS) is 10.6. The number of hydrazone groups is 1. The molecule has 2 aromatic carbocycles. The largest absolute Gasteiger partial charge is 0.494 e. The maximum atomic E-state index is 5.39. The van der Waals surface area contributed by atoms with Gasteiger partial charge in [-0.05, 0) is 55.3 Å². The third kappa shape index (κ3) is 3.85. The number of benzene rings is 2. The van der Waals surface area contributed by atoms with E-state index >= 15 is 0 Å². The predicted octanol–water partition coefficient (Wildman–Crippen LogP) is 3.84. The van der Waals surface area contributed by atoms with Crippen molar-refractivity contribution in [1.29, 1.82) is 0 Å². The highest BCUT2D eigenvalue weighted by Gasteiger charge is 1.94. The number of hydrogen-bond acceptors (Lipinski definition) is 3. The van der Waals surface area contributed by atoms with Gasteiger partial charge in [0, 0.05) is 0 Å². The Balaban J connectivity index is 1.97. The summed E-state index contributed by atoms with van der Waals surface area (Å²) in [7, 11) is 0. The van der Waals surface area contributed by atoms with Gasteiger partial charge in [0.2, 0.25) is 0 Å². The SMILES string of the molecule is CCOc1ccc(/C=N/Nc2ccccc2C)cc1. The Morgan fingerprint density at radius 3 is 2.53 bits per heavy atom. The molecule has 0 atom stereocenters. The fraction of sp³-hybridized carbons (Fsp3) is 0.188. The van der Waals surface area contributed by atoms with Gasteiger partial charge >= 0.3 is 0 Å². The first-order chi connectivity index (χ1) is 9.29. The highest BCUT2D eigenvalue weighted by molar-refractivity contribution is 5.80. The highest BCUT2D eigenvalue weighted by atomic mass is 16.5. The second kappa shape index (κ2) is 6.59. The Kier molecular flexibility index (Phi) is 4.56. The van der Waals surface area contributed by atoms with Crippen molar-refractivity contribution in [3.8, 4) is 5.75 Å². The minimum Gasteiger partial charge on any atom is -0.494 e. The summed E-state index contributed by atoms with van der Waals surface area (Å²) in [5.41, 5.74) is 6.26. The van der Waals surface area contributed by atoms with Crippen LogP contribution in [0.25, 0.3) is 0 Å². The van der Waals surface area contributed by atoms with Crippen LogP contribution in [0.3, 0.4) is 0 Å². The topological polar surface area (TPSA) is 33.6 Å². The van der Waals surface area contributed by atoms with Crippen LogP contribution in [-0.2, 0) is 0 Å². The second-order valence-corrected chi connectivity index (χ2v) is 4.19. The van der Waals surface area contributed by atoms with Crippen LogP contribution < -0.4 is 10.2 Å². The van der Waals surface area contributed by atoms with E-state index in [4.69, 9.17) is 4.74 Å². The molecule has 0 saturated carbocycles. The molecule has 0 amide bonds. The first kappa shape index (κ1) is 13.1. The average Bonchev–Trinajstić information content (AvgIpc) is 2.43. The molecule has 98 valence electrons. The summed E-state index contributed by atoms with van der Waals surface area (Å²) in [4.78, 5) is 0. The van der Waals surface area contributed by atoms with E-state index in [0.717, 1.165) is 17.0 Å². The molecule has 2 aromatic rings. The van der Waals surface area contributed by atoms with Gasteiger partial charge in [0.15, 0.2) is 0 Å². The number of nitrogens with one attached hydrogen (secondary N) is 1. The molecular formula is C16H18N2O. The number of anilines is 1. The lowest BCUT2D eigenvalue weighted by atomic mass is 10.2. The van der Waals surface area contributed by atoms with Crippen molar-refractivity contribution in [2.24, 2.45) is 5.10 Å². The summed E-state index contributed by atoms with van der Waals surface area (Å²) in [6.45, 7) is 4.71. The number of aryl methyl sites for hydroxylation is 1. The summed E-state index contributed by atoms with van der Waals surface area (Å²) in [6, 6.07) is 15.9. The Morgan fingerprint density at radius 2 is 1.84 bits per heavy atom. The summed E-state index contributed by atoms with van der Waals surface area (Å²) in [5, 5.41) is 4.23. The number of hydrogen-bond donors (Lipinski definition) is 1. The van der Waals surface area contributed by atoms with Gasteiger partial charge in [0.05, 0.1) is 18.5 Å². The van der Waals surface area contributed by atoms with Crippen LogP contribution in [0.4, 0.5) is 5.69 Å². The molecule has 0 aliphatic heterocycles. The molecule has 0 saturated heterocycles. The molecule has 0 spiro atoms. The lowest BCUT2D eigenvalue weighted by molar-refractivity contribution is 0.340. The molecule has 0 fully saturated rings. The zero-order valence-corrected chi connectivity index (χ0v) is 11.3. The Hall–Kier alpha value is -2.29. The summed E-state index contributed by atoms with van der Waals surface area (Å²) >= 11 is 0. The molecule has 19 heavy (non-hydrogen) atoms. The minimum absolute atomic E-state index is 0.683. The van der Waals surface area contributed by atoms with Crippen molar-refractivity contribution in [1.82, 2.24) is 0 Å². The van der Waals surface area contributed by atoms with Gasteiger partial charge in [-0.25, -0.2) is 0 Å². The van der Waals surface area contributed by atoms with E-state index in [2.05, 4.69) is 23.5 Å². The number of rotatable bonds is 5. The van der Waals surface area contributed by atoms with Crippen LogP contribution >= 0.6 is 0 Å². The summed E-state index contributed by atoms with van der Waals surface area (Å²) < 4.78 is 5.39. The first-order valence-electron chi connectivity index (χ1n) is 6.37. The van der Waals surface area contributed by atoms with Crippen LogP contribution in [0, 0.1) is 6.92 Å². The maximum Gasteiger partial charge on any atom is 0.119 e. The third-order valence-corrected chi connectivity index (χ3v) is 2.73. The van der Waals surface area contributed by atoms with Crippen molar-refractivity contribution in [2.45, 2.75) is 13.8 Å². The van der Waals surface area contributed by atoms with Gasteiger partial charge in [0.1, 0.15) is 5.75 Å². The number of para-hydroxylation sites is 1. The maximum absolute atomic E-state index is 5.39. The van der Waals surface area contributed by atoms with Crippen LogP contribution in [0.15, 0.2) is 53.6 Å². The Labute approximate surface area is 113 Å². The Bertz CT molecular complexity index is 547. The quantitative estimate of drug-likeness (QED) is 0.649. The van der Waals surface area contributed by atoms with E-state index in [-0.39, 0.29) is 0 Å². The lowest BCUT2D eigenvalue weighted by Crippen LogP contribution is -1.93. The van der Waals surface area contributed by atoms with E-state index in [0.29, 0.717) is 6.61 Å². The van der Waals surface area contributed by atoms with Gasteiger partial charge < -0.3 is 4.74 Å². The summed E-state index contributed by atoms with van der Waals surface area (Å²) in [6.07, 6.45) is 1.79. The molecule has 3 heteroatoms. The molecule has 2 rings (SSSR count). The Morgan fingerprint density at radius 1 is 1.11 bits per heavy atom. The van der Waals surface area contributed by atoms with E-state index in [1.54, 1.807) is 6.21 Å². The molecule has 0 bridgehead atoms. The van der Waals surface area contributed by atoms with Gasteiger partial charge in [-0.1, -0.05) is 18.2 Å². The smallest absolute Gasteiger partial charge is 0.119 e. The minimum atomic E-state index is 0.683. The van der Waals surface area contributed by atoms with Crippen LogP contribution in [-0.4, -0.2) is 12.8 Å². The molecule has 3 nitrogen and oxygen atoms in total. The molecule has 0 unspecified atom stereocenters. The van der Waals surface area contributed by atoms with Gasteiger partial charge in [-0.15, -0.1) is 0 Å². The predicted molar refractivity (Wildman–Crippen MR) is 80.0 cm³/mol. The van der Waals surface area contributed by atoms with Crippen LogP contribution in [0.1, 0.15) is 18.1 Å². The van der Waals surface area contributed by atoms with E-state index in [9.17, 15) is 0 Å². The van der Waals surface area contributed by atoms with Crippen molar-refractivity contribution < 1.29 is 4.74 Å². The van der Waals surface area contributed by atoms with Gasteiger partial charge in [0.25, 0.3) is 0 Å². The highest BCUT2D eigenvalue weighted by Crippen LogP contribution is 2.13. The van der Waals surface area contributed by atoms with Crippen molar-refractivity contribution in [2.75, 3.05) is 12.0 Å². The summed E-state index contributed by atoms with van der Waals surface area (Å²) in [5.74, 6) is 0.881. The van der Waals surface area contributed by atoms with Gasteiger partial charge in [-0.2, -0.15) is 5.10 Å². The molecule has 0 heterocycles. The monoisotopic (exact) mass is 254 g/mol. The van der Waals surface area contributed by atoms with Crippen molar-refractivity contribution in [3.63, 3.8) is 0 Å². The van der Waals surface area contributed by atoms with Crippen molar-refractivity contribution >= 4 is 11.9 Å². The molecule has 0 radical (unpaired) electrons. The number of ether oxygens (including phenoxy) is 1. The molecule has 1 N–H and O–H groups in total. The van der Waals surface area contributed by atoms with E-state index < -0.39 is 0 Å². The van der Waals surface area contributed by atoms with Gasteiger partial charge in [-0.3, -0.25) is 5.43 Å². The molecular weight excluding hydrogens is 236 g/mol. The molecule has 0 aliphatic carbocycles. The third-order valence-electron chi connectivity index (χ3n) is 2.73. The first-order valence-corrected chi connectivity index (χ1v) is 6.37. The fourth-order valence-electron chi connectivity index (χ4n) is 1.69. The van der Waals surface area contributed by atoms with E-state index in [1.807, 2.05) is 49.4 Å². The molecule has 0 aromatic heterocycles. The zero-order valence-electron chi connectivity index (χ0n) is 11.3. The lowest BCUT2D eigenvalue weighted by Gasteiger charge is -2.04. The second-order valence-electron chi connectivity index (χ2n) is 4.19.